The van der Waals surface area contributed by atoms with Crippen molar-refractivity contribution in [3.8, 4) is 5.75 Å². The topological polar surface area (TPSA) is 84.6 Å². The SMILES string of the molecule is Cl.O=[N+]([O-])c1ccccc1OCC(O)CNC1CCCC1. The van der Waals surface area contributed by atoms with Crippen LogP contribution in [0.3, 0.4) is 0 Å². The normalized spacial score (nSPS) is 16.2. The molecule has 0 bridgehead atoms. The summed E-state index contributed by atoms with van der Waals surface area (Å²) < 4.78 is 5.34. The lowest BCUT2D eigenvalue weighted by Crippen LogP contribution is -2.36. The van der Waals surface area contributed by atoms with Crippen molar-refractivity contribution in [2.24, 2.45) is 0 Å². The average molecular weight is 317 g/mol. The van der Waals surface area contributed by atoms with Crippen LogP contribution in [0.4, 0.5) is 5.69 Å². The zero-order chi connectivity index (χ0) is 14.4. The van der Waals surface area contributed by atoms with Gasteiger partial charge in [-0.1, -0.05) is 25.0 Å². The number of nitro groups is 1. The van der Waals surface area contributed by atoms with Crippen molar-refractivity contribution in [2.75, 3.05) is 13.2 Å². The summed E-state index contributed by atoms with van der Waals surface area (Å²) in [6.45, 7) is 0.496. The molecule has 0 aliphatic heterocycles. The lowest BCUT2D eigenvalue weighted by Gasteiger charge is -2.16. The van der Waals surface area contributed by atoms with Crippen molar-refractivity contribution in [1.82, 2.24) is 5.32 Å². The van der Waals surface area contributed by atoms with Gasteiger partial charge in [-0.05, 0) is 18.9 Å². The lowest BCUT2D eigenvalue weighted by molar-refractivity contribution is -0.385. The number of ether oxygens (including phenoxy) is 1. The van der Waals surface area contributed by atoms with Gasteiger partial charge in [0.2, 0.25) is 0 Å². The van der Waals surface area contributed by atoms with Gasteiger partial charge < -0.3 is 15.2 Å². The maximum Gasteiger partial charge on any atom is 0.310 e. The van der Waals surface area contributed by atoms with Gasteiger partial charge in [-0.2, -0.15) is 0 Å². The van der Waals surface area contributed by atoms with E-state index in [4.69, 9.17) is 4.74 Å². The minimum absolute atomic E-state index is 0. The zero-order valence-electron chi connectivity index (χ0n) is 11.7. The van der Waals surface area contributed by atoms with Crippen molar-refractivity contribution in [3.63, 3.8) is 0 Å². The van der Waals surface area contributed by atoms with Gasteiger partial charge in [-0.3, -0.25) is 10.1 Å². The number of hydrogen-bond donors (Lipinski definition) is 2. The summed E-state index contributed by atoms with van der Waals surface area (Å²) in [5, 5.41) is 24.0. The average Bonchev–Trinajstić information content (AvgIpc) is 2.96. The van der Waals surface area contributed by atoms with E-state index in [0.717, 1.165) is 12.8 Å². The van der Waals surface area contributed by atoms with Crippen LogP contribution in [0.1, 0.15) is 25.7 Å². The molecule has 0 spiro atoms. The molecule has 1 aliphatic rings. The Morgan fingerprint density at radius 1 is 1.38 bits per heavy atom. The Morgan fingerprint density at radius 3 is 2.71 bits per heavy atom. The molecule has 7 heteroatoms. The molecule has 0 saturated heterocycles. The minimum atomic E-state index is -0.671. The van der Waals surface area contributed by atoms with E-state index in [1.165, 1.54) is 25.0 Å². The molecular weight excluding hydrogens is 296 g/mol. The third kappa shape index (κ3) is 5.49. The van der Waals surface area contributed by atoms with Gasteiger partial charge in [-0.15, -0.1) is 12.4 Å². The van der Waals surface area contributed by atoms with Crippen LogP contribution in [0.15, 0.2) is 24.3 Å². The Morgan fingerprint density at radius 2 is 2.05 bits per heavy atom. The summed E-state index contributed by atoms with van der Waals surface area (Å²) in [7, 11) is 0. The summed E-state index contributed by atoms with van der Waals surface area (Å²) in [4.78, 5) is 10.3. The van der Waals surface area contributed by atoms with E-state index >= 15 is 0 Å². The molecule has 6 nitrogen and oxygen atoms in total. The summed E-state index contributed by atoms with van der Waals surface area (Å²) in [5.41, 5.74) is -0.0801. The first-order valence-electron chi connectivity index (χ1n) is 6.94. The van der Waals surface area contributed by atoms with Crippen molar-refractivity contribution in [3.05, 3.63) is 34.4 Å². The van der Waals surface area contributed by atoms with Crippen molar-refractivity contribution in [2.45, 2.75) is 37.8 Å². The van der Waals surface area contributed by atoms with E-state index in [9.17, 15) is 15.2 Å². The molecule has 1 atom stereocenters. The number of nitro benzene ring substituents is 1. The fourth-order valence-corrected chi connectivity index (χ4v) is 2.41. The van der Waals surface area contributed by atoms with Crippen LogP contribution in [0, 0.1) is 10.1 Å². The molecule has 1 aliphatic carbocycles. The van der Waals surface area contributed by atoms with Crippen molar-refractivity contribution < 1.29 is 14.8 Å². The monoisotopic (exact) mass is 316 g/mol. The Labute approximate surface area is 130 Å². The fourth-order valence-electron chi connectivity index (χ4n) is 2.41. The molecule has 1 unspecified atom stereocenters. The largest absolute Gasteiger partial charge is 0.484 e. The Bertz CT molecular complexity index is 452. The fraction of sp³-hybridized carbons (Fsp3) is 0.571. The third-order valence-corrected chi connectivity index (χ3v) is 3.49. The van der Waals surface area contributed by atoms with E-state index in [-0.39, 0.29) is 30.5 Å². The van der Waals surface area contributed by atoms with E-state index in [1.54, 1.807) is 12.1 Å². The molecule has 2 rings (SSSR count). The molecule has 1 saturated carbocycles. The highest BCUT2D eigenvalue weighted by molar-refractivity contribution is 5.85. The molecule has 1 aromatic rings. The molecular formula is C14H21ClN2O4. The van der Waals surface area contributed by atoms with Crippen molar-refractivity contribution >= 4 is 18.1 Å². The first-order chi connectivity index (χ1) is 9.66. The van der Waals surface area contributed by atoms with Gasteiger partial charge in [0.05, 0.1) is 4.92 Å². The first kappa shape index (κ1) is 17.7. The Balaban J connectivity index is 0.00000220. The van der Waals surface area contributed by atoms with Crippen LogP contribution in [0.25, 0.3) is 0 Å². The molecule has 0 aromatic heterocycles. The first-order valence-corrected chi connectivity index (χ1v) is 6.94. The molecule has 1 aromatic carbocycles. The number of hydrogen-bond acceptors (Lipinski definition) is 5. The van der Waals surface area contributed by atoms with Gasteiger partial charge in [0.1, 0.15) is 12.7 Å². The summed E-state index contributed by atoms with van der Waals surface area (Å²) in [6.07, 6.45) is 4.10. The van der Waals surface area contributed by atoms with Gasteiger partial charge in [0, 0.05) is 18.7 Å². The number of rotatable bonds is 7. The second-order valence-electron chi connectivity index (χ2n) is 5.08. The Kier molecular flexibility index (Phi) is 7.42. The Hall–Kier alpha value is -1.37. The molecule has 0 amide bonds. The number of nitrogens with zero attached hydrogens (tertiary/aromatic N) is 1. The summed E-state index contributed by atoms with van der Waals surface area (Å²) in [5.74, 6) is 0.192. The van der Waals surface area contributed by atoms with Gasteiger partial charge >= 0.3 is 5.69 Å². The maximum atomic E-state index is 10.8. The number of aliphatic hydroxyl groups is 1. The zero-order valence-corrected chi connectivity index (χ0v) is 12.6. The number of aliphatic hydroxyl groups excluding tert-OH is 1. The minimum Gasteiger partial charge on any atom is -0.484 e. The predicted octanol–water partition coefficient (Wildman–Crippen LogP) is 2.29. The number of nitrogens with one attached hydrogen (secondary N) is 1. The molecule has 0 heterocycles. The smallest absolute Gasteiger partial charge is 0.310 e. The van der Waals surface area contributed by atoms with E-state index < -0.39 is 11.0 Å². The van der Waals surface area contributed by atoms with Crippen LogP contribution in [0.2, 0.25) is 0 Å². The number of benzene rings is 1. The van der Waals surface area contributed by atoms with Crippen LogP contribution in [-0.4, -0.2) is 35.3 Å². The highest BCUT2D eigenvalue weighted by atomic mass is 35.5. The third-order valence-electron chi connectivity index (χ3n) is 3.49. The molecule has 21 heavy (non-hydrogen) atoms. The second-order valence-corrected chi connectivity index (χ2v) is 5.08. The van der Waals surface area contributed by atoms with E-state index in [2.05, 4.69) is 5.32 Å². The quantitative estimate of drug-likeness (QED) is 0.595. The van der Waals surface area contributed by atoms with Gasteiger partial charge in [0.15, 0.2) is 5.75 Å². The summed E-state index contributed by atoms with van der Waals surface area (Å²) in [6, 6.07) is 6.66. The second kappa shape index (κ2) is 8.81. The standard InChI is InChI=1S/C14H20N2O4.ClH/c17-12(9-15-11-5-1-2-6-11)10-20-14-8-4-3-7-13(14)16(18)19;/h3-4,7-8,11-12,15,17H,1-2,5-6,9-10H2;1H. The van der Waals surface area contributed by atoms with Crippen LogP contribution >= 0.6 is 12.4 Å². The van der Waals surface area contributed by atoms with Crippen molar-refractivity contribution in [1.29, 1.82) is 0 Å². The lowest BCUT2D eigenvalue weighted by atomic mass is 10.2. The number of para-hydroxylation sites is 2. The van der Waals surface area contributed by atoms with E-state index in [0.29, 0.717) is 12.6 Å². The number of halogens is 1. The summed E-state index contributed by atoms with van der Waals surface area (Å²) >= 11 is 0. The highest BCUT2D eigenvalue weighted by Gasteiger charge is 2.17. The predicted molar refractivity (Wildman–Crippen MR) is 82.1 cm³/mol. The molecule has 0 radical (unpaired) electrons. The van der Waals surface area contributed by atoms with Crippen LogP contribution in [0.5, 0.6) is 5.75 Å². The van der Waals surface area contributed by atoms with Gasteiger partial charge in [-0.25, -0.2) is 0 Å². The molecule has 118 valence electrons. The highest BCUT2D eigenvalue weighted by Crippen LogP contribution is 2.25. The van der Waals surface area contributed by atoms with Crippen LogP contribution < -0.4 is 10.1 Å². The molecule has 1 fully saturated rings. The van der Waals surface area contributed by atoms with Gasteiger partial charge in [0.25, 0.3) is 0 Å². The maximum absolute atomic E-state index is 10.8. The van der Waals surface area contributed by atoms with Crippen LogP contribution in [-0.2, 0) is 0 Å². The van der Waals surface area contributed by atoms with E-state index in [1.807, 2.05) is 0 Å². The molecule has 2 N–H and O–H groups in total.